The van der Waals surface area contributed by atoms with Crippen molar-refractivity contribution in [2.75, 3.05) is 13.1 Å². The van der Waals surface area contributed by atoms with E-state index in [0.717, 1.165) is 6.54 Å². The molecule has 2 heterocycles. The van der Waals surface area contributed by atoms with E-state index < -0.39 is 0 Å². The molecule has 0 atom stereocenters. The van der Waals surface area contributed by atoms with Crippen molar-refractivity contribution in [1.29, 1.82) is 0 Å². The van der Waals surface area contributed by atoms with Gasteiger partial charge in [-0.05, 0) is 56.0 Å². The van der Waals surface area contributed by atoms with Gasteiger partial charge in [-0.1, -0.05) is 41.7 Å². The number of nitrogens with zero attached hydrogens (tertiary/aromatic N) is 2. The van der Waals surface area contributed by atoms with Crippen LogP contribution < -0.4 is 28.5 Å². The van der Waals surface area contributed by atoms with Crippen molar-refractivity contribution in [1.82, 2.24) is 4.90 Å². The third kappa shape index (κ3) is 3.96. The predicted octanol–water partition coefficient (Wildman–Crippen LogP) is 2.38. The summed E-state index contributed by atoms with van der Waals surface area (Å²) in [5, 5.41) is 3.98. The first kappa shape index (κ1) is 19.4. The summed E-state index contributed by atoms with van der Waals surface area (Å²) in [6, 6.07) is 13.2. The number of allylic oxidation sites excluding steroid dienone is 2. The molecule has 2 aromatic carbocycles. The van der Waals surface area contributed by atoms with Crippen LogP contribution in [0.1, 0.15) is 31.2 Å². The number of aryl methyl sites for hydroxylation is 1. The normalized spacial score (nSPS) is 15.3. The molecule has 0 radical (unpaired) electrons. The van der Waals surface area contributed by atoms with Crippen molar-refractivity contribution in [2.45, 2.75) is 32.7 Å². The zero-order valence-electron chi connectivity index (χ0n) is 15.2. The molecular weight excluding hydrogens is 451 g/mol. The Morgan fingerprint density at radius 3 is 2.65 bits per heavy atom. The molecule has 4 heteroatoms. The Kier molecular flexibility index (Phi) is 6.70. The molecule has 0 unspecified atom stereocenters. The summed E-state index contributed by atoms with van der Waals surface area (Å²) < 4.78 is 3.80. The van der Waals surface area contributed by atoms with E-state index >= 15 is 0 Å². The maximum Gasteiger partial charge on any atom is 0.262 e. The maximum absolute atomic E-state index is 2.44. The molecule has 0 bridgehead atoms. The first-order chi connectivity index (χ1) is 12.4. The lowest BCUT2D eigenvalue weighted by atomic mass is 10.1. The van der Waals surface area contributed by atoms with Crippen LogP contribution in [0.4, 0.5) is 0 Å². The summed E-state index contributed by atoms with van der Waals surface area (Å²) in [5.74, 6) is 0. The smallest absolute Gasteiger partial charge is 0.262 e. The molecule has 136 valence electrons. The van der Waals surface area contributed by atoms with Gasteiger partial charge in [0.15, 0.2) is 0 Å². The van der Waals surface area contributed by atoms with Crippen LogP contribution in [0.15, 0.2) is 54.8 Å². The minimum Gasteiger partial charge on any atom is -1.00 e. The van der Waals surface area contributed by atoms with E-state index in [0.29, 0.717) is 0 Å². The number of rotatable bonds is 4. The molecule has 2 nitrogen and oxygen atoms in total. The largest absolute Gasteiger partial charge is 1.00 e. The lowest BCUT2D eigenvalue weighted by molar-refractivity contribution is -0.664. The average molecular weight is 476 g/mol. The summed E-state index contributed by atoms with van der Waals surface area (Å²) in [6.45, 7) is 5.63. The zero-order chi connectivity index (χ0) is 17.1. The highest BCUT2D eigenvalue weighted by Crippen LogP contribution is 2.28. The Morgan fingerprint density at radius 2 is 1.85 bits per heavy atom. The monoisotopic (exact) mass is 476 g/mol. The molecule has 0 amide bonds. The van der Waals surface area contributed by atoms with E-state index in [-0.39, 0.29) is 24.0 Å². The molecule has 26 heavy (non-hydrogen) atoms. The summed E-state index contributed by atoms with van der Waals surface area (Å²) in [5.41, 5.74) is 1.37. The van der Waals surface area contributed by atoms with E-state index in [1.54, 1.807) is 0 Å². The number of benzene rings is 2. The summed E-state index contributed by atoms with van der Waals surface area (Å²) >= 11 is 1.88. The number of aromatic nitrogens is 1. The van der Waals surface area contributed by atoms with Gasteiger partial charge in [-0.25, -0.2) is 0 Å². The zero-order valence-corrected chi connectivity index (χ0v) is 18.2. The van der Waals surface area contributed by atoms with Gasteiger partial charge < -0.3 is 28.9 Å². The van der Waals surface area contributed by atoms with Gasteiger partial charge >= 0.3 is 0 Å². The van der Waals surface area contributed by atoms with Gasteiger partial charge in [-0.15, -0.1) is 0 Å². The number of hydrogen-bond donors (Lipinski definition) is 0. The van der Waals surface area contributed by atoms with Crippen molar-refractivity contribution >= 4 is 38.4 Å². The van der Waals surface area contributed by atoms with E-state index in [1.165, 1.54) is 58.3 Å². The highest BCUT2D eigenvalue weighted by molar-refractivity contribution is 7.19. The standard InChI is InChI=1S/C22H25N2S.HI/c1-2-24-21(12-6-9-17-23-15-7-3-8-16-23)25-20-14-13-18-10-4-5-11-19(18)22(20)24;/h4-6,9-14,17H,2-3,7-8,15-16H2,1H3;1H/q+1;/p-1. The minimum atomic E-state index is 0. The number of piperidine rings is 1. The number of fused-ring (bicyclic) bond motifs is 3. The van der Waals surface area contributed by atoms with Crippen molar-refractivity contribution in [3.05, 3.63) is 59.8 Å². The van der Waals surface area contributed by atoms with Crippen LogP contribution in [0.25, 0.3) is 27.1 Å². The van der Waals surface area contributed by atoms with E-state index in [2.05, 4.69) is 77.2 Å². The number of halogens is 1. The van der Waals surface area contributed by atoms with Gasteiger partial charge in [0.2, 0.25) is 5.52 Å². The summed E-state index contributed by atoms with van der Waals surface area (Å²) in [4.78, 5) is 2.43. The van der Waals surface area contributed by atoms with E-state index in [4.69, 9.17) is 0 Å². The minimum absolute atomic E-state index is 0. The van der Waals surface area contributed by atoms with Crippen LogP contribution >= 0.6 is 11.3 Å². The second-order valence-electron chi connectivity index (χ2n) is 6.62. The fraction of sp³-hybridized carbons (Fsp3) is 0.318. The second kappa shape index (κ2) is 9.00. The summed E-state index contributed by atoms with van der Waals surface area (Å²) in [6.07, 6.45) is 12.9. The number of thiazole rings is 1. The molecule has 0 spiro atoms. The lowest BCUT2D eigenvalue weighted by Crippen LogP contribution is -3.00. The molecule has 1 aliphatic rings. The van der Waals surface area contributed by atoms with Crippen LogP contribution in [-0.2, 0) is 6.54 Å². The van der Waals surface area contributed by atoms with Gasteiger partial charge in [0.25, 0.3) is 5.01 Å². The molecule has 1 fully saturated rings. The number of hydrogen-bond acceptors (Lipinski definition) is 2. The van der Waals surface area contributed by atoms with Crippen molar-refractivity contribution in [3.63, 3.8) is 0 Å². The molecule has 0 saturated carbocycles. The fourth-order valence-electron chi connectivity index (χ4n) is 3.69. The van der Waals surface area contributed by atoms with Crippen LogP contribution in [0, 0.1) is 0 Å². The molecular formula is C22H25IN2S. The van der Waals surface area contributed by atoms with Crippen LogP contribution in [0.2, 0.25) is 0 Å². The van der Waals surface area contributed by atoms with E-state index in [9.17, 15) is 0 Å². The van der Waals surface area contributed by atoms with Gasteiger partial charge in [0, 0.05) is 19.2 Å². The molecule has 0 aliphatic carbocycles. The van der Waals surface area contributed by atoms with E-state index in [1.807, 2.05) is 11.3 Å². The maximum atomic E-state index is 2.44. The van der Waals surface area contributed by atoms with Gasteiger partial charge in [-0.3, -0.25) is 0 Å². The average Bonchev–Trinajstić information content (AvgIpc) is 3.04. The van der Waals surface area contributed by atoms with Crippen LogP contribution in [-0.4, -0.2) is 18.0 Å². The third-order valence-electron chi connectivity index (χ3n) is 4.97. The highest BCUT2D eigenvalue weighted by Gasteiger charge is 2.19. The molecule has 0 N–H and O–H groups in total. The first-order valence-corrected chi connectivity index (χ1v) is 10.1. The van der Waals surface area contributed by atoms with Gasteiger partial charge in [0.1, 0.15) is 11.2 Å². The first-order valence-electron chi connectivity index (χ1n) is 9.30. The predicted molar refractivity (Wildman–Crippen MR) is 109 cm³/mol. The van der Waals surface area contributed by atoms with Crippen molar-refractivity contribution < 1.29 is 28.5 Å². The third-order valence-corrected chi connectivity index (χ3v) is 6.08. The van der Waals surface area contributed by atoms with Crippen molar-refractivity contribution in [2.24, 2.45) is 0 Å². The lowest BCUT2D eigenvalue weighted by Gasteiger charge is -2.24. The Morgan fingerprint density at radius 1 is 1.04 bits per heavy atom. The Bertz CT molecular complexity index is 936. The highest BCUT2D eigenvalue weighted by atomic mass is 127. The topological polar surface area (TPSA) is 7.12 Å². The molecule has 1 aliphatic heterocycles. The van der Waals surface area contributed by atoms with Crippen LogP contribution in [0.3, 0.4) is 0 Å². The van der Waals surface area contributed by atoms with Gasteiger partial charge in [0.05, 0.1) is 5.39 Å². The second-order valence-corrected chi connectivity index (χ2v) is 7.68. The molecule has 4 rings (SSSR count). The molecule has 3 aromatic rings. The quantitative estimate of drug-likeness (QED) is 0.319. The summed E-state index contributed by atoms with van der Waals surface area (Å²) in [7, 11) is 0. The van der Waals surface area contributed by atoms with Gasteiger partial charge in [-0.2, -0.15) is 4.57 Å². The Balaban J connectivity index is 0.00000196. The van der Waals surface area contributed by atoms with Crippen molar-refractivity contribution in [3.8, 4) is 0 Å². The Labute approximate surface area is 176 Å². The fourth-order valence-corrected chi connectivity index (χ4v) is 4.84. The SMILES string of the molecule is CC[n+]1c(C=CC=CN2CCCCC2)sc2ccc3ccccc3c21.[I-]. The number of likely N-dealkylation sites (tertiary alicyclic amines) is 1. The molecule has 1 aromatic heterocycles. The Hall–Kier alpha value is -1.40. The van der Waals surface area contributed by atoms with Crippen LogP contribution in [0.5, 0.6) is 0 Å². The molecule has 1 saturated heterocycles.